The van der Waals surface area contributed by atoms with Crippen molar-refractivity contribution < 1.29 is 19.8 Å². The van der Waals surface area contributed by atoms with E-state index in [9.17, 15) is 19.8 Å². The molecular weight excluding hydrogens is 222 g/mol. The molecule has 17 heavy (non-hydrogen) atoms. The summed E-state index contributed by atoms with van der Waals surface area (Å²) in [6, 6.07) is 0. The van der Waals surface area contributed by atoms with E-state index in [1.165, 1.54) is 0 Å². The Bertz CT molecular complexity index is 299. The molecule has 0 saturated carbocycles. The second-order valence-corrected chi connectivity index (χ2v) is 4.75. The van der Waals surface area contributed by atoms with Crippen LogP contribution in [-0.2, 0) is 9.59 Å². The minimum absolute atomic E-state index is 0.0298. The molecule has 1 rings (SSSR count). The van der Waals surface area contributed by atoms with Gasteiger partial charge in [0.2, 0.25) is 5.91 Å². The first kappa shape index (κ1) is 14.0. The summed E-state index contributed by atoms with van der Waals surface area (Å²) in [6.07, 6.45) is 1.05. The van der Waals surface area contributed by atoms with Crippen LogP contribution in [0.1, 0.15) is 39.5 Å². The monoisotopic (exact) mass is 243 g/mol. The number of carbonyl (C=O) groups excluding carboxylic acids is 1. The van der Waals surface area contributed by atoms with Crippen molar-refractivity contribution in [3.63, 3.8) is 0 Å². The maximum Gasteiger partial charge on any atom is 0.310 e. The molecule has 1 saturated heterocycles. The van der Waals surface area contributed by atoms with Crippen LogP contribution in [0.2, 0.25) is 0 Å². The lowest BCUT2D eigenvalue weighted by molar-refractivity contribution is -0.154. The van der Waals surface area contributed by atoms with Crippen LogP contribution in [0.3, 0.4) is 0 Å². The predicted octanol–water partition coefficient (Wildman–Crippen LogP) is 0.861. The van der Waals surface area contributed by atoms with E-state index in [-0.39, 0.29) is 12.3 Å². The lowest BCUT2D eigenvalue weighted by atomic mass is 9.79. The zero-order chi connectivity index (χ0) is 13.1. The van der Waals surface area contributed by atoms with Crippen molar-refractivity contribution in [2.75, 3.05) is 13.1 Å². The van der Waals surface area contributed by atoms with Crippen LogP contribution in [0.25, 0.3) is 0 Å². The van der Waals surface area contributed by atoms with Crippen molar-refractivity contribution in [3.8, 4) is 0 Å². The molecule has 0 spiro atoms. The molecule has 1 fully saturated rings. The van der Waals surface area contributed by atoms with Crippen molar-refractivity contribution in [2.45, 2.75) is 45.6 Å². The summed E-state index contributed by atoms with van der Waals surface area (Å²) in [5, 5.41) is 18.6. The fraction of sp³-hybridized carbons (Fsp3) is 0.833. The zero-order valence-corrected chi connectivity index (χ0v) is 10.5. The Morgan fingerprint density at radius 2 is 1.94 bits per heavy atom. The van der Waals surface area contributed by atoms with Gasteiger partial charge in [0.05, 0.1) is 11.5 Å². The van der Waals surface area contributed by atoms with Gasteiger partial charge in [0.1, 0.15) is 0 Å². The molecule has 0 aromatic rings. The van der Waals surface area contributed by atoms with Crippen LogP contribution >= 0.6 is 0 Å². The number of carboxylic acids is 1. The highest BCUT2D eigenvalue weighted by atomic mass is 16.4. The van der Waals surface area contributed by atoms with E-state index in [4.69, 9.17) is 0 Å². The third kappa shape index (κ3) is 2.97. The van der Waals surface area contributed by atoms with Crippen molar-refractivity contribution in [2.24, 2.45) is 5.41 Å². The summed E-state index contributed by atoms with van der Waals surface area (Å²) in [6.45, 7) is 4.46. The van der Waals surface area contributed by atoms with Crippen LogP contribution in [0.4, 0.5) is 0 Å². The van der Waals surface area contributed by atoms with E-state index in [2.05, 4.69) is 0 Å². The highest BCUT2D eigenvalue weighted by Crippen LogP contribution is 2.32. The second kappa shape index (κ2) is 5.49. The highest BCUT2D eigenvalue weighted by molar-refractivity contribution is 5.85. The van der Waals surface area contributed by atoms with Gasteiger partial charge in [0.25, 0.3) is 0 Å². The van der Waals surface area contributed by atoms with Gasteiger partial charge >= 0.3 is 5.97 Å². The molecule has 0 radical (unpaired) electrons. The van der Waals surface area contributed by atoms with Crippen molar-refractivity contribution in [3.05, 3.63) is 0 Å². The maximum atomic E-state index is 12.0. The van der Waals surface area contributed by atoms with E-state index in [1.807, 2.05) is 0 Å². The topological polar surface area (TPSA) is 77.8 Å². The zero-order valence-electron chi connectivity index (χ0n) is 10.5. The molecule has 5 nitrogen and oxygen atoms in total. The van der Waals surface area contributed by atoms with Crippen LogP contribution in [0, 0.1) is 5.41 Å². The van der Waals surface area contributed by atoms with E-state index < -0.39 is 17.5 Å². The molecule has 0 aromatic heterocycles. The average molecular weight is 243 g/mol. The molecule has 0 bridgehead atoms. The lowest BCUT2D eigenvalue weighted by Crippen LogP contribution is -2.38. The van der Waals surface area contributed by atoms with Gasteiger partial charge in [-0.05, 0) is 19.3 Å². The Morgan fingerprint density at radius 3 is 2.29 bits per heavy atom. The van der Waals surface area contributed by atoms with Crippen LogP contribution < -0.4 is 0 Å². The van der Waals surface area contributed by atoms with Gasteiger partial charge in [0.15, 0.2) is 0 Å². The summed E-state index contributed by atoms with van der Waals surface area (Å²) in [7, 11) is 0. The number of hydrogen-bond acceptors (Lipinski definition) is 3. The molecule has 1 aliphatic heterocycles. The van der Waals surface area contributed by atoms with Crippen LogP contribution in [0.15, 0.2) is 0 Å². The molecule has 1 aliphatic rings. The molecule has 0 aliphatic carbocycles. The fourth-order valence-electron chi connectivity index (χ4n) is 2.25. The summed E-state index contributed by atoms with van der Waals surface area (Å²) in [5.74, 6) is -1.07. The molecule has 0 unspecified atom stereocenters. The first-order valence-electron chi connectivity index (χ1n) is 6.14. The van der Waals surface area contributed by atoms with E-state index >= 15 is 0 Å². The number of carboxylic acid groups (broad SMARTS) is 1. The number of hydrogen-bond donors (Lipinski definition) is 2. The Labute approximate surface area is 101 Å². The predicted molar refractivity (Wildman–Crippen MR) is 62.5 cm³/mol. The van der Waals surface area contributed by atoms with Crippen LogP contribution in [-0.4, -0.2) is 46.2 Å². The number of rotatable bonds is 5. The number of likely N-dealkylation sites (tertiary alicyclic amines) is 1. The van der Waals surface area contributed by atoms with E-state index in [0.717, 1.165) is 0 Å². The Balaban J connectivity index is 2.68. The number of β-amino-alcohol motifs (C(OH)–C–C–N with tert-alkyl or cyclic N) is 1. The highest BCUT2D eigenvalue weighted by Gasteiger charge is 2.39. The van der Waals surface area contributed by atoms with Gasteiger partial charge in [-0.1, -0.05) is 13.8 Å². The molecule has 98 valence electrons. The molecule has 1 atom stereocenters. The first-order chi connectivity index (χ1) is 7.95. The van der Waals surface area contributed by atoms with Gasteiger partial charge in [-0.3, -0.25) is 9.59 Å². The van der Waals surface area contributed by atoms with Gasteiger partial charge in [-0.2, -0.15) is 0 Å². The molecule has 1 amide bonds. The summed E-state index contributed by atoms with van der Waals surface area (Å²) < 4.78 is 0. The maximum absolute atomic E-state index is 12.0. The SMILES string of the molecule is CCC(CC)(CC(=O)N1CC[C@@H](O)C1)C(=O)O. The molecular formula is C12H21NO4. The number of aliphatic hydroxyl groups excluding tert-OH is 1. The quantitative estimate of drug-likeness (QED) is 0.750. The minimum atomic E-state index is -0.954. The number of amides is 1. The summed E-state index contributed by atoms with van der Waals surface area (Å²) in [4.78, 5) is 24.8. The van der Waals surface area contributed by atoms with Crippen molar-refractivity contribution in [1.29, 1.82) is 0 Å². The average Bonchev–Trinajstić information content (AvgIpc) is 2.72. The number of aliphatic hydroxyl groups is 1. The minimum Gasteiger partial charge on any atom is -0.481 e. The second-order valence-electron chi connectivity index (χ2n) is 4.75. The third-order valence-electron chi connectivity index (χ3n) is 3.81. The van der Waals surface area contributed by atoms with Gasteiger partial charge < -0.3 is 15.1 Å². The molecule has 5 heteroatoms. The largest absolute Gasteiger partial charge is 0.481 e. The van der Waals surface area contributed by atoms with E-state index in [0.29, 0.717) is 32.4 Å². The smallest absolute Gasteiger partial charge is 0.310 e. The summed E-state index contributed by atoms with van der Waals surface area (Å²) >= 11 is 0. The molecule has 2 N–H and O–H groups in total. The Kier molecular flexibility index (Phi) is 4.51. The van der Waals surface area contributed by atoms with Crippen molar-refractivity contribution in [1.82, 2.24) is 4.90 Å². The first-order valence-corrected chi connectivity index (χ1v) is 6.14. The van der Waals surface area contributed by atoms with Crippen LogP contribution in [0.5, 0.6) is 0 Å². The lowest BCUT2D eigenvalue weighted by Gasteiger charge is -2.28. The standard InChI is InChI=1S/C12H21NO4/c1-3-12(4-2,11(16)17)7-10(15)13-6-5-9(14)8-13/h9,14H,3-8H2,1-2H3,(H,16,17)/t9-/m1/s1. The Hall–Kier alpha value is -1.10. The van der Waals surface area contributed by atoms with Gasteiger partial charge in [0, 0.05) is 19.5 Å². The normalized spacial score (nSPS) is 20.6. The molecule has 0 aromatic carbocycles. The fourth-order valence-corrected chi connectivity index (χ4v) is 2.25. The van der Waals surface area contributed by atoms with Gasteiger partial charge in [-0.25, -0.2) is 0 Å². The number of aliphatic carboxylic acids is 1. The number of nitrogens with zero attached hydrogens (tertiary/aromatic N) is 1. The summed E-state index contributed by atoms with van der Waals surface area (Å²) in [5.41, 5.74) is -0.954. The molecule has 1 heterocycles. The van der Waals surface area contributed by atoms with Crippen molar-refractivity contribution >= 4 is 11.9 Å². The Morgan fingerprint density at radius 1 is 1.35 bits per heavy atom. The van der Waals surface area contributed by atoms with Gasteiger partial charge in [-0.15, -0.1) is 0 Å². The van der Waals surface area contributed by atoms with E-state index in [1.54, 1.807) is 18.7 Å². The number of carbonyl (C=O) groups is 2. The third-order valence-corrected chi connectivity index (χ3v) is 3.81.